The molecule has 0 amide bonds. The molecule has 0 unspecified atom stereocenters. The molecule has 1 aromatic rings. The van der Waals surface area contributed by atoms with E-state index >= 15 is 0 Å². The van der Waals surface area contributed by atoms with Gasteiger partial charge in [0, 0.05) is 36.2 Å². The zero-order valence-electron chi connectivity index (χ0n) is 11.8. The summed E-state index contributed by atoms with van der Waals surface area (Å²) in [7, 11) is 0. The predicted octanol–water partition coefficient (Wildman–Crippen LogP) is 3.24. The van der Waals surface area contributed by atoms with Crippen LogP contribution < -0.4 is 4.90 Å². The number of hydrogen-bond donors (Lipinski definition) is 0. The molecule has 1 aliphatic heterocycles. The smallest absolute Gasteiger partial charge is 0.101 e. The Hall–Kier alpha value is -1.05. The van der Waals surface area contributed by atoms with Crippen LogP contribution in [-0.4, -0.2) is 36.6 Å². The molecule has 19 heavy (non-hydrogen) atoms. The molecule has 3 nitrogen and oxygen atoms in total. The van der Waals surface area contributed by atoms with E-state index in [1.54, 1.807) is 0 Å². The maximum absolute atomic E-state index is 9.25. The van der Waals surface area contributed by atoms with Gasteiger partial charge in [0.15, 0.2) is 0 Å². The van der Waals surface area contributed by atoms with Crippen LogP contribution in [0.2, 0.25) is 0 Å². The lowest BCUT2D eigenvalue weighted by atomic mass is 10.0. The van der Waals surface area contributed by atoms with E-state index in [2.05, 4.69) is 52.6 Å². The van der Waals surface area contributed by atoms with Crippen molar-refractivity contribution in [3.63, 3.8) is 0 Å². The number of piperazine rings is 1. The second-order valence-electron chi connectivity index (χ2n) is 5.92. The number of nitriles is 1. The molecule has 102 valence electrons. The first-order valence-corrected chi connectivity index (χ1v) is 7.41. The maximum atomic E-state index is 9.25. The lowest BCUT2D eigenvalue weighted by Crippen LogP contribution is -2.53. The maximum Gasteiger partial charge on any atom is 0.101 e. The summed E-state index contributed by atoms with van der Waals surface area (Å²) in [6.45, 7) is 10.8. The third kappa shape index (κ3) is 3.29. The van der Waals surface area contributed by atoms with E-state index in [9.17, 15) is 5.26 Å². The van der Waals surface area contributed by atoms with Gasteiger partial charge < -0.3 is 4.90 Å². The summed E-state index contributed by atoms with van der Waals surface area (Å²) in [4.78, 5) is 4.81. The minimum atomic E-state index is 0.226. The van der Waals surface area contributed by atoms with E-state index < -0.39 is 0 Å². The Morgan fingerprint density at radius 2 is 1.79 bits per heavy atom. The van der Waals surface area contributed by atoms with Gasteiger partial charge in [-0.2, -0.15) is 5.26 Å². The van der Waals surface area contributed by atoms with Crippen molar-refractivity contribution in [2.45, 2.75) is 26.3 Å². The van der Waals surface area contributed by atoms with Crippen molar-refractivity contribution in [3.05, 3.63) is 28.2 Å². The minimum absolute atomic E-state index is 0.226. The third-order valence-electron chi connectivity index (χ3n) is 3.65. The number of anilines is 1. The zero-order valence-corrected chi connectivity index (χ0v) is 13.4. The molecule has 1 fully saturated rings. The topological polar surface area (TPSA) is 30.3 Å². The van der Waals surface area contributed by atoms with E-state index in [1.807, 2.05) is 18.2 Å². The molecular formula is C15H20BrN3. The highest BCUT2D eigenvalue weighted by Crippen LogP contribution is 2.26. The highest BCUT2D eigenvalue weighted by atomic mass is 79.9. The highest BCUT2D eigenvalue weighted by molar-refractivity contribution is 9.10. The number of nitrogens with zero attached hydrogens (tertiary/aromatic N) is 3. The van der Waals surface area contributed by atoms with Gasteiger partial charge in [-0.15, -0.1) is 0 Å². The van der Waals surface area contributed by atoms with Gasteiger partial charge in [0.2, 0.25) is 0 Å². The summed E-state index contributed by atoms with van der Waals surface area (Å²) in [6, 6.07) is 8.23. The fourth-order valence-electron chi connectivity index (χ4n) is 2.49. The zero-order chi connectivity index (χ0) is 14.0. The Morgan fingerprint density at radius 3 is 2.32 bits per heavy atom. The first-order chi connectivity index (χ1) is 8.91. The SMILES string of the molecule is CC(C)(C)N1CCN(c2ccc(Br)cc2C#N)CC1. The van der Waals surface area contributed by atoms with Gasteiger partial charge in [-0.25, -0.2) is 0 Å². The predicted molar refractivity (Wildman–Crippen MR) is 82.4 cm³/mol. The van der Waals surface area contributed by atoms with Crippen molar-refractivity contribution < 1.29 is 0 Å². The van der Waals surface area contributed by atoms with Crippen LogP contribution in [0, 0.1) is 11.3 Å². The Bertz CT molecular complexity index is 491. The quantitative estimate of drug-likeness (QED) is 0.795. The minimum Gasteiger partial charge on any atom is -0.368 e. The summed E-state index contributed by atoms with van der Waals surface area (Å²) in [5, 5.41) is 9.25. The molecular weight excluding hydrogens is 302 g/mol. The largest absolute Gasteiger partial charge is 0.368 e. The summed E-state index contributed by atoms with van der Waals surface area (Å²) < 4.78 is 0.959. The van der Waals surface area contributed by atoms with Gasteiger partial charge in [0.1, 0.15) is 6.07 Å². The summed E-state index contributed by atoms with van der Waals surface area (Å²) >= 11 is 3.42. The average molecular weight is 322 g/mol. The standard InChI is InChI=1S/C15H20BrN3/c1-15(2,3)19-8-6-18(7-9-19)14-5-4-13(16)10-12(14)11-17/h4-5,10H,6-9H2,1-3H3. The molecule has 1 aromatic carbocycles. The first kappa shape index (κ1) is 14.4. The van der Waals surface area contributed by atoms with Gasteiger partial charge in [-0.05, 0) is 39.0 Å². The molecule has 0 saturated carbocycles. The molecule has 0 atom stereocenters. The molecule has 1 aliphatic rings. The van der Waals surface area contributed by atoms with Crippen molar-refractivity contribution in [2.24, 2.45) is 0 Å². The highest BCUT2D eigenvalue weighted by Gasteiger charge is 2.26. The molecule has 0 bridgehead atoms. The lowest BCUT2D eigenvalue weighted by Gasteiger charge is -2.43. The van der Waals surface area contributed by atoms with Crippen LogP contribution in [0.4, 0.5) is 5.69 Å². The second-order valence-corrected chi connectivity index (χ2v) is 6.83. The van der Waals surface area contributed by atoms with Crippen LogP contribution in [0.25, 0.3) is 0 Å². The first-order valence-electron chi connectivity index (χ1n) is 6.61. The number of benzene rings is 1. The van der Waals surface area contributed by atoms with Crippen molar-refractivity contribution in [2.75, 3.05) is 31.1 Å². The van der Waals surface area contributed by atoms with Crippen molar-refractivity contribution in [3.8, 4) is 6.07 Å². The van der Waals surface area contributed by atoms with Crippen LogP contribution >= 0.6 is 15.9 Å². The molecule has 0 N–H and O–H groups in total. The van der Waals surface area contributed by atoms with Crippen molar-refractivity contribution in [1.82, 2.24) is 4.90 Å². The van der Waals surface area contributed by atoms with E-state index in [-0.39, 0.29) is 5.54 Å². The monoisotopic (exact) mass is 321 g/mol. The molecule has 4 heteroatoms. The molecule has 1 saturated heterocycles. The average Bonchev–Trinajstić information content (AvgIpc) is 2.37. The Morgan fingerprint density at radius 1 is 1.16 bits per heavy atom. The molecule has 1 heterocycles. The Labute approximate surface area is 123 Å². The van der Waals surface area contributed by atoms with E-state index in [0.29, 0.717) is 0 Å². The molecule has 0 spiro atoms. The molecule has 0 radical (unpaired) electrons. The molecule has 0 aliphatic carbocycles. The van der Waals surface area contributed by atoms with E-state index in [0.717, 1.165) is 41.9 Å². The lowest BCUT2D eigenvalue weighted by molar-refractivity contribution is 0.128. The number of halogens is 1. The molecule has 2 rings (SSSR count). The van der Waals surface area contributed by atoms with Gasteiger partial charge >= 0.3 is 0 Å². The molecule has 0 aromatic heterocycles. The second kappa shape index (κ2) is 5.52. The van der Waals surface area contributed by atoms with E-state index in [4.69, 9.17) is 0 Å². The number of rotatable bonds is 1. The van der Waals surface area contributed by atoms with Gasteiger partial charge in [-0.3, -0.25) is 4.90 Å². The van der Waals surface area contributed by atoms with E-state index in [1.165, 1.54) is 0 Å². The summed E-state index contributed by atoms with van der Waals surface area (Å²) in [5.74, 6) is 0. The fraction of sp³-hybridized carbons (Fsp3) is 0.533. The van der Waals surface area contributed by atoms with Crippen LogP contribution in [0.15, 0.2) is 22.7 Å². The van der Waals surface area contributed by atoms with Crippen molar-refractivity contribution >= 4 is 21.6 Å². The van der Waals surface area contributed by atoms with Gasteiger partial charge in [0.05, 0.1) is 11.3 Å². The number of hydrogen-bond acceptors (Lipinski definition) is 3. The van der Waals surface area contributed by atoms with Gasteiger partial charge in [-0.1, -0.05) is 15.9 Å². The van der Waals surface area contributed by atoms with Crippen LogP contribution in [0.5, 0.6) is 0 Å². The Balaban J connectivity index is 2.12. The van der Waals surface area contributed by atoms with Crippen LogP contribution in [0.1, 0.15) is 26.3 Å². The summed E-state index contributed by atoms with van der Waals surface area (Å²) in [6.07, 6.45) is 0. The Kier molecular flexibility index (Phi) is 4.17. The summed E-state index contributed by atoms with van der Waals surface area (Å²) in [5.41, 5.74) is 2.03. The van der Waals surface area contributed by atoms with Gasteiger partial charge in [0.25, 0.3) is 0 Å². The van der Waals surface area contributed by atoms with Crippen molar-refractivity contribution in [1.29, 1.82) is 5.26 Å². The fourth-order valence-corrected chi connectivity index (χ4v) is 2.85. The normalized spacial score (nSPS) is 17.3. The van der Waals surface area contributed by atoms with Crippen LogP contribution in [0.3, 0.4) is 0 Å². The van der Waals surface area contributed by atoms with Crippen LogP contribution in [-0.2, 0) is 0 Å². The third-order valence-corrected chi connectivity index (χ3v) is 4.14.